The molecule has 1 N–H and O–H groups in total. The van der Waals surface area contributed by atoms with Gasteiger partial charge in [-0.3, -0.25) is 0 Å². The molecule has 0 fully saturated rings. The van der Waals surface area contributed by atoms with Gasteiger partial charge < -0.3 is 14.7 Å². The largest absolute Gasteiger partial charge is 0.478 e. The van der Waals surface area contributed by atoms with Crippen LogP contribution in [0.2, 0.25) is 0 Å². The SMILES string of the molecule is O=C(O)c1cccc(N(Cc2cccc(F)c2)c2ccc(OC(F)F)c(F)c2)c1. The molecule has 0 aliphatic carbocycles. The summed E-state index contributed by atoms with van der Waals surface area (Å²) in [7, 11) is 0. The first-order valence-electron chi connectivity index (χ1n) is 8.43. The molecule has 0 unspecified atom stereocenters. The quantitative estimate of drug-likeness (QED) is 0.520. The van der Waals surface area contributed by atoms with Gasteiger partial charge in [-0.2, -0.15) is 8.78 Å². The fraction of sp³-hybridized carbons (Fsp3) is 0.0952. The van der Waals surface area contributed by atoms with E-state index in [1.807, 2.05) is 0 Å². The lowest BCUT2D eigenvalue weighted by Crippen LogP contribution is -2.17. The highest BCUT2D eigenvalue weighted by molar-refractivity contribution is 5.89. The van der Waals surface area contributed by atoms with Crippen LogP contribution in [0, 0.1) is 11.6 Å². The van der Waals surface area contributed by atoms with E-state index in [0.717, 1.165) is 12.1 Å². The van der Waals surface area contributed by atoms with Gasteiger partial charge in [0.05, 0.1) is 5.56 Å². The zero-order valence-corrected chi connectivity index (χ0v) is 14.9. The summed E-state index contributed by atoms with van der Waals surface area (Å²) in [5, 5.41) is 9.24. The zero-order valence-electron chi connectivity index (χ0n) is 14.9. The van der Waals surface area contributed by atoms with Gasteiger partial charge >= 0.3 is 12.6 Å². The van der Waals surface area contributed by atoms with Gasteiger partial charge in [0.25, 0.3) is 0 Å². The summed E-state index contributed by atoms with van der Waals surface area (Å²) in [5.74, 6) is -3.24. The second-order valence-corrected chi connectivity index (χ2v) is 6.06. The molecule has 0 aromatic heterocycles. The number of benzene rings is 3. The minimum absolute atomic E-state index is 0.00451. The summed E-state index contributed by atoms with van der Waals surface area (Å²) in [6.45, 7) is -3.10. The first-order chi connectivity index (χ1) is 13.8. The van der Waals surface area contributed by atoms with Gasteiger partial charge in [-0.1, -0.05) is 18.2 Å². The van der Waals surface area contributed by atoms with Gasteiger partial charge in [-0.05, 0) is 48.0 Å². The van der Waals surface area contributed by atoms with Crippen molar-refractivity contribution in [3.8, 4) is 5.75 Å². The number of halogens is 4. The van der Waals surface area contributed by atoms with Crippen molar-refractivity contribution in [2.75, 3.05) is 4.90 Å². The van der Waals surface area contributed by atoms with Crippen LogP contribution in [0.1, 0.15) is 15.9 Å². The first-order valence-corrected chi connectivity index (χ1v) is 8.43. The average Bonchev–Trinajstić information content (AvgIpc) is 2.67. The Bertz CT molecular complexity index is 1030. The van der Waals surface area contributed by atoms with Crippen molar-refractivity contribution in [3.63, 3.8) is 0 Å². The number of ether oxygens (including phenoxy) is 1. The molecule has 0 spiro atoms. The zero-order chi connectivity index (χ0) is 21.0. The average molecular weight is 405 g/mol. The van der Waals surface area contributed by atoms with Gasteiger partial charge in [0.1, 0.15) is 5.82 Å². The summed E-state index contributed by atoms with van der Waals surface area (Å²) < 4.78 is 56.7. The highest BCUT2D eigenvalue weighted by atomic mass is 19.3. The van der Waals surface area contributed by atoms with Crippen molar-refractivity contribution in [3.05, 3.63) is 89.5 Å². The van der Waals surface area contributed by atoms with Gasteiger partial charge in [-0.15, -0.1) is 0 Å². The molecule has 0 saturated heterocycles. The summed E-state index contributed by atoms with van der Waals surface area (Å²) >= 11 is 0. The third-order valence-corrected chi connectivity index (χ3v) is 4.08. The molecule has 150 valence electrons. The second kappa shape index (κ2) is 8.64. The third kappa shape index (κ3) is 5.04. The summed E-state index contributed by atoms with van der Waals surface area (Å²) in [6.07, 6.45) is 0. The summed E-state index contributed by atoms with van der Waals surface area (Å²) in [4.78, 5) is 12.8. The van der Waals surface area contributed by atoms with Gasteiger partial charge in [0.15, 0.2) is 11.6 Å². The minimum Gasteiger partial charge on any atom is -0.478 e. The Morgan fingerprint density at radius 2 is 1.69 bits per heavy atom. The summed E-state index contributed by atoms with van der Waals surface area (Å²) in [6, 6.07) is 15.0. The first kappa shape index (κ1) is 20.2. The van der Waals surface area contributed by atoms with Crippen LogP contribution in [0.3, 0.4) is 0 Å². The van der Waals surface area contributed by atoms with Crippen LogP contribution in [-0.4, -0.2) is 17.7 Å². The van der Waals surface area contributed by atoms with Crippen LogP contribution < -0.4 is 9.64 Å². The number of carbonyl (C=O) groups is 1. The molecule has 0 bridgehead atoms. The Morgan fingerprint density at radius 1 is 0.966 bits per heavy atom. The van der Waals surface area contributed by atoms with Gasteiger partial charge in [0, 0.05) is 24.0 Å². The molecule has 0 radical (unpaired) electrons. The van der Waals surface area contributed by atoms with Crippen LogP contribution in [0.4, 0.5) is 28.9 Å². The molecule has 0 saturated carbocycles. The fourth-order valence-corrected chi connectivity index (χ4v) is 2.81. The van der Waals surface area contributed by atoms with Crippen molar-refractivity contribution < 1.29 is 32.2 Å². The maximum absolute atomic E-state index is 14.3. The second-order valence-electron chi connectivity index (χ2n) is 6.06. The number of carboxylic acids is 1. The van der Waals surface area contributed by atoms with Crippen molar-refractivity contribution in [2.45, 2.75) is 13.2 Å². The number of rotatable bonds is 7. The van der Waals surface area contributed by atoms with Crippen LogP contribution in [0.5, 0.6) is 5.75 Å². The maximum Gasteiger partial charge on any atom is 0.387 e. The van der Waals surface area contributed by atoms with Crippen molar-refractivity contribution >= 4 is 17.3 Å². The van der Waals surface area contributed by atoms with Crippen LogP contribution >= 0.6 is 0 Å². The Kier molecular flexibility index (Phi) is 6.01. The Morgan fingerprint density at radius 3 is 2.34 bits per heavy atom. The predicted octanol–water partition coefficient (Wildman–Crippen LogP) is 5.60. The molecule has 29 heavy (non-hydrogen) atoms. The van der Waals surface area contributed by atoms with E-state index in [4.69, 9.17) is 0 Å². The lowest BCUT2D eigenvalue weighted by molar-refractivity contribution is -0.0521. The van der Waals surface area contributed by atoms with Crippen LogP contribution in [0.15, 0.2) is 66.7 Å². The monoisotopic (exact) mass is 405 g/mol. The lowest BCUT2D eigenvalue weighted by atomic mass is 10.1. The normalized spacial score (nSPS) is 10.8. The molecule has 3 rings (SSSR count). The molecule has 3 aromatic rings. The molecule has 0 atom stereocenters. The number of anilines is 2. The predicted molar refractivity (Wildman–Crippen MR) is 98.7 cm³/mol. The minimum atomic E-state index is -3.18. The molecular weight excluding hydrogens is 390 g/mol. The van der Waals surface area contributed by atoms with E-state index < -0.39 is 30.0 Å². The van der Waals surface area contributed by atoms with Gasteiger partial charge in [0.2, 0.25) is 0 Å². The van der Waals surface area contributed by atoms with E-state index in [1.54, 1.807) is 12.1 Å². The topological polar surface area (TPSA) is 49.8 Å². The number of carboxylic acid groups (broad SMARTS) is 1. The van der Waals surface area contributed by atoms with Crippen molar-refractivity contribution in [1.82, 2.24) is 0 Å². The maximum atomic E-state index is 14.3. The summed E-state index contributed by atoms with van der Waals surface area (Å²) in [5.41, 5.74) is 1.19. The number of hydrogen-bond acceptors (Lipinski definition) is 3. The third-order valence-electron chi connectivity index (χ3n) is 4.08. The standard InChI is InChI=1S/C21H15F4NO3/c22-15-5-1-3-13(9-15)12-26(16-6-2-4-14(10-16)20(27)28)17-7-8-19(18(23)11-17)29-21(24)25/h1-11,21H,12H2,(H,27,28). The van der Waals surface area contributed by atoms with E-state index in [2.05, 4.69) is 4.74 Å². The molecular formula is C21H15F4NO3. The molecule has 0 amide bonds. The molecule has 0 aliphatic rings. The van der Waals surface area contributed by atoms with E-state index >= 15 is 0 Å². The van der Waals surface area contributed by atoms with Crippen LogP contribution in [0.25, 0.3) is 0 Å². The number of hydrogen-bond donors (Lipinski definition) is 1. The highest BCUT2D eigenvalue weighted by Crippen LogP contribution is 2.32. The van der Waals surface area contributed by atoms with Crippen LogP contribution in [-0.2, 0) is 6.54 Å². The van der Waals surface area contributed by atoms with E-state index in [9.17, 15) is 27.5 Å². The lowest BCUT2D eigenvalue weighted by Gasteiger charge is -2.26. The van der Waals surface area contributed by atoms with E-state index in [1.165, 1.54) is 47.4 Å². The van der Waals surface area contributed by atoms with Crippen molar-refractivity contribution in [1.29, 1.82) is 0 Å². The number of aromatic carboxylic acids is 1. The van der Waals surface area contributed by atoms with Gasteiger partial charge in [-0.25, -0.2) is 13.6 Å². The van der Waals surface area contributed by atoms with Crippen molar-refractivity contribution in [2.24, 2.45) is 0 Å². The number of nitrogens with zero attached hydrogens (tertiary/aromatic N) is 1. The highest BCUT2D eigenvalue weighted by Gasteiger charge is 2.17. The van der Waals surface area contributed by atoms with E-state index in [-0.39, 0.29) is 17.8 Å². The molecule has 0 heterocycles. The molecule has 0 aliphatic heterocycles. The number of alkyl halides is 2. The Balaban J connectivity index is 2.04. The fourth-order valence-electron chi connectivity index (χ4n) is 2.81. The molecule has 3 aromatic carbocycles. The smallest absolute Gasteiger partial charge is 0.387 e. The Labute approximate surface area is 163 Å². The Hall–Kier alpha value is -3.55. The molecule has 8 heteroatoms. The molecule has 4 nitrogen and oxygen atoms in total. The van der Waals surface area contributed by atoms with E-state index in [0.29, 0.717) is 11.3 Å².